The predicted molar refractivity (Wildman–Crippen MR) is 107 cm³/mol. The second-order valence-electron chi connectivity index (χ2n) is 6.10. The Labute approximate surface area is 160 Å². The molecule has 0 bridgehead atoms. The minimum absolute atomic E-state index is 0.108. The molecule has 0 atom stereocenters. The van der Waals surface area contributed by atoms with Gasteiger partial charge >= 0.3 is 6.09 Å². The Kier molecular flexibility index (Phi) is 5.23. The first-order valence-corrected chi connectivity index (χ1v) is 8.37. The quantitative estimate of drug-likeness (QED) is 0.340. The van der Waals surface area contributed by atoms with E-state index in [9.17, 15) is 9.59 Å². The van der Waals surface area contributed by atoms with E-state index in [1.165, 1.54) is 6.07 Å². The van der Waals surface area contributed by atoms with Crippen molar-refractivity contribution < 1.29 is 14.3 Å². The summed E-state index contributed by atoms with van der Waals surface area (Å²) in [5, 5.41) is 11.5. The zero-order chi connectivity index (χ0) is 20.3. The lowest BCUT2D eigenvalue weighted by molar-refractivity contribution is 0.102. The van der Waals surface area contributed by atoms with Crippen molar-refractivity contribution in [1.82, 2.24) is 0 Å². The van der Waals surface area contributed by atoms with Gasteiger partial charge in [0.15, 0.2) is 0 Å². The van der Waals surface area contributed by atoms with Crippen LogP contribution in [0.2, 0.25) is 0 Å². The SMILES string of the molecule is N=C(N)c1ccc2cc(C(=O)Nc3ccc(CN)cc3)cc(OC(N)=O)c2c1. The maximum atomic E-state index is 12.7. The fourth-order valence-corrected chi connectivity index (χ4v) is 2.74. The lowest BCUT2D eigenvalue weighted by Crippen LogP contribution is -2.18. The molecule has 0 aliphatic heterocycles. The highest BCUT2D eigenvalue weighted by molar-refractivity contribution is 6.09. The average Bonchev–Trinajstić information content (AvgIpc) is 2.67. The summed E-state index contributed by atoms with van der Waals surface area (Å²) in [4.78, 5) is 23.9. The van der Waals surface area contributed by atoms with Crippen LogP contribution in [0, 0.1) is 5.41 Å². The molecule has 28 heavy (non-hydrogen) atoms. The van der Waals surface area contributed by atoms with Gasteiger partial charge in [-0.1, -0.05) is 24.3 Å². The Morgan fingerprint density at radius 2 is 1.68 bits per heavy atom. The molecule has 0 aromatic heterocycles. The van der Waals surface area contributed by atoms with Gasteiger partial charge in [-0.05, 0) is 41.3 Å². The Morgan fingerprint density at radius 3 is 2.29 bits per heavy atom. The highest BCUT2D eigenvalue weighted by atomic mass is 16.5. The van der Waals surface area contributed by atoms with Crippen molar-refractivity contribution >= 4 is 34.3 Å². The first kappa shape index (κ1) is 18.9. The fraction of sp³-hybridized carbons (Fsp3) is 0.0500. The fourth-order valence-electron chi connectivity index (χ4n) is 2.74. The number of benzene rings is 3. The number of rotatable bonds is 5. The van der Waals surface area contributed by atoms with Crippen LogP contribution in [0.5, 0.6) is 5.75 Å². The zero-order valence-electron chi connectivity index (χ0n) is 14.9. The Bertz CT molecular complexity index is 1080. The number of fused-ring (bicyclic) bond motifs is 1. The molecule has 0 fully saturated rings. The molecule has 0 saturated heterocycles. The van der Waals surface area contributed by atoms with Crippen LogP contribution in [-0.2, 0) is 6.54 Å². The van der Waals surface area contributed by atoms with Crippen LogP contribution >= 0.6 is 0 Å². The summed E-state index contributed by atoms with van der Waals surface area (Å²) in [6.45, 7) is 0.412. The van der Waals surface area contributed by atoms with E-state index in [4.69, 9.17) is 27.3 Å². The summed E-state index contributed by atoms with van der Waals surface area (Å²) in [6.07, 6.45) is -1.01. The summed E-state index contributed by atoms with van der Waals surface area (Å²) in [7, 11) is 0. The number of nitrogens with one attached hydrogen (secondary N) is 2. The van der Waals surface area contributed by atoms with Crippen LogP contribution in [0.1, 0.15) is 21.5 Å². The van der Waals surface area contributed by atoms with Gasteiger partial charge in [0, 0.05) is 28.7 Å². The van der Waals surface area contributed by atoms with E-state index >= 15 is 0 Å². The van der Waals surface area contributed by atoms with Crippen molar-refractivity contribution in [2.45, 2.75) is 6.54 Å². The molecule has 0 saturated carbocycles. The molecular formula is C20H19N5O3. The highest BCUT2D eigenvalue weighted by Gasteiger charge is 2.14. The van der Waals surface area contributed by atoms with Gasteiger partial charge in [-0.3, -0.25) is 10.2 Å². The number of amidine groups is 1. The Balaban J connectivity index is 1.99. The van der Waals surface area contributed by atoms with Gasteiger partial charge in [0.1, 0.15) is 11.6 Å². The van der Waals surface area contributed by atoms with E-state index in [0.29, 0.717) is 28.6 Å². The summed E-state index contributed by atoms with van der Waals surface area (Å²) in [5.41, 5.74) is 18.5. The first-order chi connectivity index (χ1) is 13.4. The van der Waals surface area contributed by atoms with Crippen molar-refractivity contribution in [1.29, 1.82) is 5.41 Å². The summed E-state index contributed by atoms with van der Waals surface area (Å²) < 4.78 is 5.07. The minimum Gasteiger partial charge on any atom is -0.410 e. The molecule has 3 rings (SSSR count). The first-order valence-electron chi connectivity index (χ1n) is 8.37. The number of nitrogens with two attached hydrogens (primary N) is 3. The lowest BCUT2D eigenvalue weighted by atomic mass is 10.0. The van der Waals surface area contributed by atoms with Gasteiger partial charge in [-0.25, -0.2) is 4.79 Å². The van der Waals surface area contributed by atoms with Gasteiger partial charge in [0.05, 0.1) is 0 Å². The average molecular weight is 377 g/mol. The van der Waals surface area contributed by atoms with Crippen LogP contribution in [0.4, 0.5) is 10.5 Å². The second kappa shape index (κ2) is 7.77. The third-order valence-electron chi connectivity index (χ3n) is 4.15. The molecule has 0 spiro atoms. The summed E-state index contributed by atoms with van der Waals surface area (Å²) in [5.74, 6) is -0.404. The second-order valence-corrected chi connectivity index (χ2v) is 6.10. The minimum atomic E-state index is -1.01. The number of amides is 2. The molecule has 3 aromatic carbocycles. The highest BCUT2D eigenvalue weighted by Crippen LogP contribution is 2.29. The van der Waals surface area contributed by atoms with Crippen LogP contribution in [-0.4, -0.2) is 17.8 Å². The summed E-state index contributed by atoms with van der Waals surface area (Å²) >= 11 is 0. The topological polar surface area (TPSA) is 157 Å². The lowest BCUT2D eigenvalue weighted by Gasteiger charge is -2.11. The van der Waals surface area contributed by atoms with Crippen LogP contribution in [0.25, 0.3) is 10.8 Å². The molecule has 0 aliphatic carbocycles. The third kappa shape index (κ3) is 4.08. The van der Waals surface area contributed by atoms with Crippen molar-refractivity contribution in [2.24, 2.45) is 17.2 Å². The largest absolute Gasteiger partial charge is 0.410 e. The molecular weight excluding hydrogens is 358 g/mol. The molecule has 142 valence electrons. The predicted octanol–water partition coefficient (Wildman–Crippen LogP) is 2.29. The number of hydrogen-bond acceptors (Lipinski definition) is 5. The number of primary amides is 1. The monoisotopic (exact) mass is 377 g/mol. The molecule has 8 nitrogen and oxygen atoms in total. The maximum absolute atomic E-state index is 12.7. The molecule has 0 aliphatic rings. The van der Waals surface area contributed by atoms with E-state index in [2.05, 4.69) is 5.32 Å². The molecule has 2 amide bonds. The van der Waals surface area contributed by atoms with Gasteiger partial charge in [-0.2, -0.15) is 0 Å². The van der Waals surface area contributed by atoms with Crippen molar-refractivity contribution in [3.63, 3.8) is 0 Å². The Morgan fingerprint density at radius 1 is 0.964 bits per heavy atom. The molecule has 0 heterocycles. The number of carbonyl (C=O) groups is 2. The van der Waals surface area contributed by atoms with Crippen LogP contribution < -0.4 is 27.3 Å². The number of nitrogen functional groups attached to an aromatic ring is 1. The number of carbonyl (C=O) groups excluding carboxylic acids is 2. The van der Waals surface area contributed by atoms with E-state index in [1.54, 1.807) is 36.4 Å². The number of hydrogen-bond donors (Lipinski definition) is 5. The van der Waals surface area contributed by atoms with Gasteiger partial charge < -0.3 is 27.3 Å². The van der Waals surface area contributed by atoms with Crippen LogP contribution in [0.15, 0.2) is 54.6 Å². The van der Waals surface area contributed by atoms with Crippen LogP contribution in [0.3, 0.4) is 0 Å². The normalized spacial score (nSPS) is 10.5. The van der Waals surface area contributed by atoms with Gasteiger partial charge in [0.25, 0.3) is 5.91 Å². The third-order valence-corrected chi connectivity index (χ3v) is 4.15. The van der Waals surface area contributed by atoms with E-state index < -0.39 is 6.09 Å². The number of anilines is 1. The van der Waals surface area contributed by atoms with Gasteiger partial charge in [-0.15, -0.1) is 0 Å². The Hall–Kier alpha value is -3.91. The molecule has 8 heteroatoms. The molecule has 3 aromatic rings. The zero-order valence-corrected chi connectivity index (χ0v) is 14.9. The molecule has 0 radical (unpaired) electrons. The van der Waals surface area contributed by atoms with Crippen molar-refractivity contribution in [3.05, 3.63) is 71.3 Å². The molecule has 8 N–H and O–H groups in total. The smallest absolute Gasteiger partial charge is 0.409 e. The summed E-state index contributed by atoms with van der Waals surface area (Å²) in [6, 6.07) is 15.1. The van der Waals surface area contributed by atoms with Crippen molar-refractivity contribution in [2.75, 3.05) is 5.32 Å². The van der Waals surface area contributed by atoms with Gasteiger partial charge in [0.2, 0.25) is 0 Å². The van der Waals surface area contributed by atoms with E-state index in [1.807, 2.05) is 12.1 Å². The van der Waals surface area contributed by atoms with E-state index in [0.717, 1.165) is 5.56 Å². The van der Waals surface area contributed by atoms with E-state index in [-0.39, 0.29) is 23.1 Å². The van der Waals surface area contributed by atoms with Crippen molar-refractivity contribution in [3.8, 4) is 5.75 Å². The maximum Gasteiger partial charge on any atom is 0.409 e. The number of ether oxygens (including phenoxy) is 1. The molecule has 0 unspecified atom stereocenters. The standard InChI is InChI=1S/C20H19N5O3/c21-10-11-1-5-15(6-2-11)25-19(26)14-7-12-3-4-13(18(22)23)8-16(12)17(9-14)28-20(24)27/h1-9H,10,21H2,(H3,22,23)(H2,24,27)(H,25,26).